The fourth-order valence-electron chi connectivity index (χ4n) is 5.51. The first-order valence-corrected chi connectivity index (χ1v) is 16.5. The normalized spacial score (nSPS) is 18.3. The number of thioether (sulfide) groups is 1. The van der Waals surface area contributed by atoms with Gasteiger partial charge >= 0.3 is 0 Å². The number of fused-ring (bicyclic) bond motifs is 1. The van der Waals surface area contributed by atoms with Gasteiger partial charge in [0.1, 0.15) is 5.82 Å². The maximum atomic E-state index is 13.2. The molecule has 230 valence electrons. The predicted molar refractivity (Wildman–Crippen MR) is 180 cm³/mol. The molecule has 7 heteroatoms. The van der Waals surface area contributed by atoms with Crippen LogP contribution in [0.25, 0.3) is 10.8 Å². The molecule has 3 aromatic carbocycles. The number of carbonyl (C=O) groups excluding carboxylic acids is 1. The van der Waals surface area contributed by atoms with E-state index in [0.29, 0.717) is 22.3 Å². The van der Waals surface area contributed by atoms with Crippen molar-refractivity contribution in [1.82, 2.24) is 10.2 Å². The zero-order chi connectivity index (χ0) is 30.4. The van der Waals surface area contributed by atoms with Crippen LogP contribution >= 0.6 is 11.8 Å². The van der Waals surface area contributed by atoms with Gasteiger partial charge in [-0.05, 0) is 137 Å². The molecular weight excluding hydrogens is 555 g/mol. The van der Waals surface area contributed by atoms with E-state index in [1.54, 1.807) is 36.0 Å². The molecule has 5 nitrogen and oxygen atoms in total. The Hall–Kier alpha value is -3.13. The second kappa shape index (κ2) is 17.2. The molecule has 1 saturated carbocycles. The Balaban J connectivity index is 0.000000176. The van der Waals surface area contributed by atoms with E-state index < -0.39 is 0 Å². The Morgan fingerprint density at radius 2 is 1.58 bits per heavy atom. The zero-order valence-electron chi connectivity index (χ0n) is 25.4. The van der Waals surface area contributed by atoms with Crippen LogP contribution in [0.5, 0.6) is 0 Å². The van der Waals surface area contributed by atoms with Crippen LogP contribution in [-0.4, -0.2) is 44.4 Å². The van der Waals surface area contributed by atoms with Crippen LogP contribution in [0, 0.1) is 11.7 Å². The van der Waals surface area contributed by atoms with Crippen molar-refractivity contribution in [2.75, 3.05) is 33.2 Å². The Morgan fingerprint density at radius 1 is 0.907 bits per heavy atom. The van der Waals surface area contributed by atoms with Crippen molar-refractivity contribution >= 4 is 28.8 Å². The molecule has 2 heterocycles. The van der Waals surface area contributed by atoms with Crippen molar-refractivity contribution in [3.8, 4) is 0 Å². The predicted octanol–water partition coefficient (Wildman–Crippen LogP) is 7.58. The molecule has 0 spiro atoms. The number of hydrogen-bond donors (Lipinski definition) is 3. The summed E-state index contributed by atoms with van der Waals surface area (Å²) in [4.78, 5) is 14.2. The topological polar surface area (TPSA) is 84.4 Å². The standard InChI is InChI=1S/C19H27N3S.C11H7FO.C6H13N/c20-17(13-14-9-11-22-12-10-14)5-8-19(21)23-18-6-3-16(4-7-18)15-1-2-15;12-11-6-5-8(7-13)9-3-1-2-4-10(9)11;1-7-5-3-2-4-6-7/h3-8,14-15,22H,1-2,9-13,20-21H2;1-7H;2-6H2,1H3/b17-5-,19-8+;;. The Morgan fingerprint density at radius 3 is 2.19 bits per heavy atom. The smallest absolute Gasteiger partial charge is 0.150 e. The van der Waals surface area contributed by atoms with Crippen LogP contribution < -0.4 is 16.8 Å². The minimum Gasteiger partial charge on any atom is -0.402 e. The van der Waals surface area contributed by atoms with Crippen molar-refractivity contribution in [2.45, 2.75) is 62.2 Å². The van der Waals surface area contributed by atoms with E-state index in [1.165, 1.54) is 80.6 Å². The SMILES string of the molecule is CN1CCCCC1.N/C(=C\C=C(/N)Sc1ccc(C2CC2)cc1)CC1CCNCC1.O=Cc1ccc(F)c2ccccc12. The highest BCUT2D eigenvalue weighted by atomic mass is 32.2. The van der Waals surface area contributed by atoms with E-state index in [2.05, 4.69) is 41.5 Å². The number of likely N-dealkylation sites (tertiary alicyclic amines) is 1. The van der Waals surface area contributed by atoms with Crippen molar-refractivity contribution in [3.63, 3.8) is 0 Å². The molecule has 0 bridgehead atoms. The van der Waals surface area contributed by atoms with Gasteiger partial charge in [0, 0.05) is 21.5 Å². The number of nitrogens with two attached hydrogens (primary N) is 2. The van der Waals surface area contributed by atoms with Gasteiger partial charge in [0.05, 0.1) is 5.03 Å². The molecule has 2 aliphatic heterocycles. The van der Waals surface area contributed by atoms with Gasteiger partial charge < -0.3 is 21.7 Å². The summed E-state index contributed by atoms with van der Waals surface area (Å²) < 4.78 is 13.2. The van der Waals surface area contributed by atoms with Crippen LogP contribution in [0.2, 0.25) is 0 Å². The number of nitrogens with one attached hydrogen (secondary N) is 1. The molecule has 3 fully saturated rings. The highest BCUT2D eigenvalue weighted by molar-refractivity contribution is 8.03. The quantitative estimate of drug-likeness (QED) is 0.147. The summed E-state index contributed by atoms with van der Waals surface area (Å²) in [6, 6.07) is 18.5. The number of hydrogen-bond acceptors (Lipinski definition) is 6. The van der Waals surface area contributed by atoms with Gasteiger partial charge in [-0.15, -0.1) is 0 Å². The lowest BCUT2D eigenvalue weighted by Crippen LogP contribution is -2.28. The van der Waals surface area contributed by atoms with Crippen molar-refractivity contribution in [3.05, 3.63) is 100 Å². The number of rotatable bonds is 7. The fraction of sp³-hybridized carbons (Fsp3) is 0.417. The second-order valence-corrected chi connectivity index (χ2v) is 13.0. The van der Waals surface area contributed by atoms with E-state index in [-0.39, 0.29) is 5.82 Å². The third-order valence-corrected chi connectivity index (χ3v) is 9.10. The number of aldehydes is 1. The van der Waals surface area contributed by atoms with E-state index in [9.17, 15) is 9.18 Å². The van der Waals surface area contributed by atoms with Crippen LogP contribution in [0.15, 0.2) is 88.4 Å². The first-order chi connectivity index (χ1) is 20.9. The summed E-state index contributed by atoms with van der Waals surface area (Å²) in [6.07, 6.45) is 15.0. The van der Waals surface area contributed by atoms with E-state index in [1.807, 2.05) is 12.2 Å². The molecular formula is C36H47FN4OS. The molecule has 3 aliphatic rings. The molecule has 0 aromatic heterocycles. The molecule has 5 N–H and O–H groups in total. The molecule has 43 heavy (non-hydrogen) atoms. The third-order valence-electron chi connectivity index (χ3n) is 8.22. The average Bonchev–Trinajstić information content (AvgIpc) is 3.88. The fourth-order valence-corrected chi connectivity index (χ4v) is 6.19. The molecule has 0 atom stereocenters. The molecule has 0 amide bonds. The summed E-state index contributed by atoms with van der Waals surface area (Å²) in [7, 11) is 2.19. The summed E-state index contributed by atoms with van der Waals surface area (Å²) >= 11 is 1.60. The van der Waals surface area contributed by atoms with Gasteiger partial charge in [-0.25, -0.2) is 4.39 Å². The van der Waals surface area contributed by atoms with Crippen molar-refractivity contribution in [2.24, 2.45) is 17.4 Å². The second-order valence-electron chi connectivity index (χ2n) is 11.8. The highest BCUT2D eigenvalue weighted by Crippen LogP contribution is 2.40. The summed E-state index contributed by atoms with van der Waals surface area (Å²) in [6.45, 7) is 4.87. The van der Waals surface area contributed by atoms with Crippen LogP contribution in [0.1, 0.15) is 73.2 Å². The van der Waals surface area contributed by atoms with E-state index >= 15 is 0 Å². The van der Waals surface area contributed by atoms with Gasteiger partial charge in [0.15, 0.2) is 6.29 Å². The molecule has 0 radical (unpaired) electrons. The minimum atomic E-state index is -0.291. The van der Waals surface area contributed by atoms with E-state index in [4.69, 9.17) is 11.5 Å². The van der Waals surface area contributed by atoms with Gasteiger partial charge in [-0.3, -0.25) is 4.79 Å². The largest absolute Gasteiger partial charge is 0.402 e. The summed E-state index contributed by atoms with van der Waals surface area (Å²) in [5.41, 5.74) is 15.2. The van der Waals surface area contributed by atoms with Gasteiger partial charge in [0.25, 0.3) is 0 Å². The molecule has 3 aromatic rings. The minimum absolute atomic E-state index is 0.291. The monoisotopic (exact) mass is 602 g/mol. The van der Waals surface area contributed by atoms with Crippen LogP contribution in [0.3, 0.4) is 0 Å². The summed E-state index contributed by atoms with van der Waals surface area (Å²) in [5.74, 6) is 1.23. The molecule has 0 unspecified atom stereocenters. The molecule has 6 rings (SSSR count). The van der Waals surface area contributed by atoms with Gasteiger partial charge in [0.2, 0.25) is 0 Å². The first kappa shape index (κ1) is 32.8. The summed E-state index contributed by atoms with van der Waals surface area (Å²) in [5, 5.41) is 5.33. The lowest BCUT2D eigenvalue weighted by atomic mass is 9.93. The lowest BCUT2D eigenvalue weighted by molar-refractivity contribution is 0.112. The number of halogens is 1. The first-order valence-electron chi connectivity index (χ1n) is 15.6. The zero-order valence-corrected chi connectivity index (χ0v) is 26.3. The number of nitrogens with zero attached hydrogens (tertiary/aromatic N) is 1. The maximum Gasteiger partial charge on any atom is 0.150 e. The number of benzene rings is 3. The average molecular weight is 603 g/mol. The molecule has 2 saturated heterocycles. The lowest BCUT2D eigenvalue weighted by Gasteiger charge is -2.22. The Kier molecular flexibility index (Phi) is 13.1. The van der Waals surface area contributed by atoms with Crippen LogP contribution in [-0.2, 0) is 0 Å². The van der Waals surface area contributed by atoms with Crippen molar-refractivity contribution < 1.29 is 9.18 Å². The Bertz CT molecular complexity index is 1360. The number of allylic oxidation sites excluding steroid dienone is 3. The Labute approximate surface area is 261 Å². The third kappa shape index (κ3) is 11.1. The van der Waals surface area contributed by atoms with Crippen molar-refractivity contribution in [1.29, 1.82) is 0 Å². The van der Waals surface area contributed by atoms with Crippen LogP contribution in [0.4, 0.5) is 4.39 Å². The van der Waals surface area contributed by atoms with E-state index in [0.717, 1.165) is 42.4 Å². The number of carbonyl (C=O) groups is 1. The maximum absolute atomic E-state index is 13.2. The number of piperidine rings is 2. The highest BCUT2D eigenvalue weighted by Gasteiger charge is 2.23. The van der Waals surface area contributed by atoms with Gasteiger partial charge in [-0.2, -0.15) is 0 Å². The van der Waals surface area contributed by atoms with Gasteiger partial charge in [-0.1, -0.05) is 54.6 Å². The molecule has 1 aliphatic carbocycles.